The second kappa shape index (κ2) is 1.48. The monoisotopic (exact) mass is 126 g/mol. The minimum absolute atomic E-state index is 0.00463. The average molecular weight is 126 g/mol. The smallest absolute Gasteiger partial charge is 0.234 e. The SMILES string of the molecule is NC(=O)[C@H]1NC[C@@H]2C[C@@H]21. The van der Waals surface area contributed by atoms with Gasteiger partial charge in [-0.25, -0.2) is 0 Å². The molecule has 1 heterocycles. The van der Waals surface area contributed by atoms with Crippen molar-refractivity contribution in [1.82, 2.24) is 5.32 Å². The number of nitrogens with two attached hydrogens (primary N) is 1. The van der Waals surface area contributed by atoms with E-state index in [1.807, 2.05) is 0 Å². The highest BCUT2D eigenvalue weighted by atomic mass is 16.1. The molecule has 3 heteroatoms. The molecule has 3 N–H and O–H groups in total. The van der Waals surface area contributed by atoms with Crippen molar-refractivity contribution < 1.29 is 4.79 Å². The number of primary amides is 1. The molecule has 1 amide bonds. The Hall–Kier alpha value is -0.570. The van der Waals surface area contributed by atoms with Crippen LogP contribution in [0.15, 0.2) is 0 Å². The van der Waals surface area contributed by atoms with E-state index < -0.39 is 0 Å². The van der Waals surface area contributed by atoms with E-state index in [9.17, 15) is 4.79 Å². The minimum Gasteiger partial charge on any atom is -0.368 e. The second-order valence-corrected chi connectivity index (χ2v) is 2.95. The Kier molecular flexibility index (Phi) is 0.858. The number of amides is 1. The largest absolute Gasteiger partial charge is 0.368 e. The first kappa shape index (κ1) is 5.23. The molecule has 0 aromatic carbocycles. The van der Waals surface area contributed by atoms with Gasteiger partial charge in [-0.3, -0.25) is 4.79 Å². The van der Waals surface area contributed by atoms with E-state index in [1.54, 1.807) is 0 Å². The number of rotatable bonds is 1. The van der Waals surface area contributed by atoms with Crippen LogP contribution in [0.1, 0.15) is 6.42 Å². The zero-order chi connectivity index (χ0) is 6.43. The van der Waals surface area contributed by atoms with Gasteiger partial charge >= 0.3 is 0 Å². The molecule has 0 bridgehead atoms. The van der Waals surface area contributed by atoms with Gasteiger partial charge in [0.05, 0.1) is 6.04 Å². The molecule has 9 heavy (non-hydrogen) atoms. The van der Waals surface area contributed by atoms with Crippen molar-refractivity contribution in [2.75, 3.05) is 6.54 Å². The summed E-state index contributed by atoms with van der Waals surface area (Å²) in [7, 11) is 0. The molecule has 0 unspecified atom stereocenters. The summed E-state index contributed by atoms with van der Waals surface area (Å²) in [6, 6.07) is -0.00463. The van der Waals surface area contributed by atoms with Crippen LogP contribution in [0.4, 0.5) is 0 Å². The average Bonchev–Trinajstić information content (AvgIpc) is 2.43. The van der Waals surface area contributed by atoms with Gasteiger partial charge < -0.3 is 11.1 Å². The van der Waals surface area contributed by atoms with Gasteiger partial charge in [0.25, 0.3) is 0 Å². The Balaban J connectivity index is 2.06. The van der Waals surface area contributed by atoms with E-state index in [0.29, 0.717) is 5.92 Å². The number of carbonyl (C=O) groups excluding carboxylic acids is 1. The number of carbonyl (C=O) groups is 1. The lowest BCUT2D eigenvalue weighted by molar-refractivity contribution is -0.120. The predicted molar refractivity (Wildman–Crippen MR) is 32.6 cm³/mol. The maximum atomic E-state index is 10.6. The van der Waals surface area contributed by atoms with Gasteiger partial charge in [-0.2, -0.15) is 0 Å². The predicted octanol–water partition coefficient (Wildman–Crippen LogP) is -0.920. The molecular formula is C6H10N2O. The summed E-state index contributed by atoms with van der Waals surface area (Å²) in [5.74, 6) is 1.17. The maximum absolute atomic E-state index is 10.6. The van der Waals surface area contributed by atoms with E-state index in [4.69, 9.17) is 5.73 Å². The molecule has 1 aliphatic heterocycles. The Labute approximate surface area is 53.6 Å². The van der Waals surface area contributed by atoms with Gasteiger partial charge in [0.15, 0.2) is 0 Å². The Morgan fingerprint density at radius 1 is 1.67 bits per heavy atom. The quantitative estimate of drug-likeness (QED) is 0.477. The maximum Gasteiger partial charge on any atom is 0.234 e. The van der Waals surface area contributed by atoms with Crippen LogP contribution in [0.5, 0.6) is 0 Å². The molecule has 1 aliphatic carbocycles. The topological polar surface area (TPSA) is 55.1 Å². The minimum atomic E-state index is -0.181. The number of fused-ring (bicyclic) bond motifs is 1. The molecule has 0 spiro atoms. The van der Waals surface area contributed by atoms with Crippen LogP contribution >= 0.6 is 0 Å². The highest BCUT2D eigenvalue weighted by Gasteiger charge is 2.50. The molecule has 2 aliphatic rings. The number of hydrogen-bond acceptors (Lipinski definition) is 2. The van der Waals surface area contributed by atoms with E-state index in [2.05, 4.69) is 5.32 Å². The summed E-state index contributed by atoms with van der Waals surface area (Å²) < 4.78 is 0. The van der Waals surface area contributed by atoms with Crippen LogP contribution in [-0.2, 0) is 4.79 Å². The number of piperidine rings is 1. The first-order valence-corrected chi connectivity index (χ1v) is 3.32. The summed E-state index contributed by atoms with van der Waals surface area (Å²) in [4.78, 5) is 10.6. The molecule has 3 atom stereocenters. The second-order valence-electron chi connectivity index (χ2n) is 2.95. The third-order valence-corrected chi connectivity index (χ3v) is 2.31. The van der Waals surface area contributed by atoms with Gasteiger partial charge in [-0.05, 0) is 24.8 Å². The zero-order valence-corrected chi connectivity index (χ0v) is 5.13. The van der Waals surface area contributed by atoms with Crippen LogP contribution in [0.25, 0.3) is 0 Å². The lowest BCUT2D eigenvalue weighted by atomic mass is 10.2. The van der Waals surface area contributed by atoms with Gasteiger partial charge in [0, 0.05) is 0 Å². The molecule has 0 aromatic rings. The highest BCUT2D eigenvalue weighted by Crippen LogP contribution is 2.44. The van der Waals surface area contributed by atoms with Crippen molar-refractivity contribution in [3.05, 3.63) is 0 Å². The normalized spacial score (nSPS) is 46.4. The molecule has 0 aromatic heterocycles. The third kappa shape index (κ3) is 0.645. The van der Waals surface area contributed by atoms with E-state index >= 15 is 0 Å². The Bertz CT molecular complexity index is 157. The van der Waals surface area contributed by atoms with Crippen molar-refractivity contribution in [3.8, 4) is 0 Å². The van der Waals surface area contributed by atoms with E-state index in [-0.39, 0.29) is 11.9 Å². The number of nitrogens with one attached hydrogen (secondary N) is 1. The molecule has 3 nitrogen and oxygen atoms in total. The summed E-state index contributed by atoms with van der Waals surface area (Å²) in [5.41, 5.74) is 5.11. The van der Waals surface area contributed by atoms with Crippen LogP contribution in [0.2, 0.25) is 0 Å². The first-order valence-electron chi connectivity index (χ1n) is 3.32. The molecule has 50 valence electrons. The third-order valence-electron chi connectivity index (χ3n) is 2.31. The lowest BCUT2D eigenvalue weighted by Crippen LogP contribution is -2.39. The fraction of sp³-hybridized carbons (Fsp3) is 0.833. The molecule has 1 saturated carbocycles. The van der Waals surface area contributed by atoms with Crippen LogP contribution in [0.3, 0.4) is 0 Å². The van der Waals surface area contributed by atoms with Gasteiger partial charge in [-0.1, -0.05) is 0 Å². The molecule has 2 rings (SSSR count). The van der Waals surface area contributed by atoms with Gasteiger partial charge in [0.1, 0.15) is 0 Å². The summed E-state index contributed by atoms with van der Waals surface area (Å²) >= 11 is 0. The highest BCUT2D eigenvalue weighted by molar-refractivity contribution is 5.81. The lowest BCUT2D eigenvalue weighted by Gasteiger charge is -2.06. The summed E-state index contributed by atoms with van der Waals surface area (Å²) in [6.07, 6.45) is 1.21. The summed E-state index contributed by atoms with van der Waals surface area (Å²) in [5, 5.41) is 3.08. The van der Waals surface area contributed by atoms with Crippen LogP contribution < -0.4 is 11.1 Å². The molecular weight excluding hydrogens is 116 g/mol. The fourth-order valence-electron chi connectivity index (χ4n) is 1.66. The van der Waals surface area contributed by atoms with Crippen molar-refractivity contribution in [2.45, 2.75) is 12.5 Å². The molecule has 1 saturated heterocycles. The first-order chi connectivity index (χ1) is 4.29. The molecule has 0 radical (unpaired) electrons. The van der Waals surface area contributed by atoms with Crippen molar-refractivity contribution >= 4 is 5.91 Å². The fourth-order valence-corrected chi connectivity index (χ4v) is 1.66. The van der Waals surface area contributed by atoms with Gasteiger partial charge in [-0.15, -0.1) is 0 Å². The van der Waals surface area contributed by atoms with Crippen molar-refractivity contribution in [3.63, 3.8) is 0 Å². The van der Waals surface area contributed by atoms with Crippen molar-refractivity contribution in [2.24, 2.45) is 17.6 Å². The summed E-state index contributed by atoms with van der Waals surface area (Å²) in [6.45, 7) is 0.998. The standard InChI is InChI=1S/C6H10N2O/c7-6(9)5-4-1-3(4)2-8-5/h3-5,8H,1-2H2,(H2,7,9)/t3-,4-,5-/m0/s1. The Morgan fingerprint density at radius 2 is 2.44 bits per heavy atom. The van der Waals surface area contributed by atoms with Crippen LogP contribution in [-0.4, -0.2) is 18.5 Å². The van der Waals surface area contributed by atoms with Crippen LogP contribution in [0, 0.1) is 11.8 Å². The van der Waals surface area contributed by atoms with Gasteiger partial charge in [0.2, 0.25) is 5.91 Å². The van der Waals surface area contributed by atoms with E-state index in [0.717, 1.165) is 12.5 Å². The molecule has 2 fully saturated rings. The van der Waals surface area contributed by atoms with E-state index in [1.165, 1.54) is 6.42 Å². The number of hydrogen-bond donors (Lipinski definition) is 2. The Morgan fingerprint density at radius 3 is 2.67 bits per heavy atom. The zero-order valence-electron chi connectivity index (χ0n) is 5.13. The van der Waals surface area contributed by atoms with Crippen molar-refractivity contribution in [1.29, 1.82) is 0 Å².